The van der Waals surface area contributed by atoms with Gasteiger partial charge < -0.3 is 15.3 Å². The van der Waals surface area contributed by atoms with Crippen molar-refractivity contribution in [3.05, 3.63) is 48.6 Å². The first kappa shape index (κ1) is 23.0. The van der Waals surface area contributed by atoms with Gasteiger partial charge in [-0.1, -0.05) is 62.6 Å². The highest BCUT2D eigenvalue weighted by molar-refractivity contribution is 5.91. The van der Waals surface area contributed by atoms with Gasteiger partial charge in [0.1, 0.15) is 0 Å². The SMILES string of the molecule is CC[C@@H](O)CCCCC[C@@H](O)C=CC=CC=CC(=O)CC=CC(=O)O. The minimum absolute atomic E-state index is 0.0560. The highest BCUT2D eigenvalue weighted by Gasteiger charge is 2.01. The maximum absolute atomic E-state index is 11.4. The number of ketones is 1. The molecule has 0 unspecified atom stereocenters. The van der Waals surface area contributed by atoms with E-state index in [0.717, 1.165) is 38.2 Å². The summed E-state index contributed by atoms with van der Waals surface area (Å²) in [6, 6.07) is 0. The van der Waals surface area contributed by atoms with Crippen LogP contribution in [0.4, 0.5) is 0 Å². The van der Waals surface area contributed by atoms with Crippen LogP contribution in [0.5, 0.6) is 0 Å². The van der Waals surface area contributed by atoms with Crippen molar-refractivity contribution in [3.63, 3.8) is 0 Å². The molecule has 140 valence electrons. The molecule has 5 heteroatoms. The summed E-state index contributed by atoms with van der Waals surface area (Å²) in [6.45, 7) is 1.97. The topological polar surface area (TPSA) is 94.8 Å². The molecule has 0 aromatic carbocycles. The van der Waals surface area contributed by atoms with Gasteiger partial charge >= 0.3 is 5.97 Å². The number of carboxylic acid groups (broad SMARTS) is 1. The van der Waals surface area contributed by atoms with Crippen molar-refractivity contribution in [3.8, 4) is 0 Å². The molecule has 0 bridgehead atoms. The summed E-state index contributed by atoms with van der Waals surface area (Å²) >= 11 is 0. The average molecular weight is 350 g/mol. The fraction of sp³-hybridized carbons (Fsp3) is 0.500. The zero-order valence-electron chi connectivity index (χ0n) is 14.9. The Labute approximate surface area is 150 Å². The van der Waals surface area contributed by atoms with Crippen molar-refractivity contribution < 1.29 is 24.9 Å². The molecular formula is C20H30O5. The van der Waals surface area contributed by atoms with E-state index in [4.69, 9.17) is 5.11 Å². The summed E-state index contributed by atoms with van der Waals surface area (Å²) in [6.07, 6.45) is 16.6. The van der Waals surface area contributed by atoms with E-state index >= 15 is 0 Å². The van der Waals surface area contributed by atoms with Crippen LogP contribution in [0.25, 0.3) is 0 Å². The second-order valence-electron chi connectivity index (χ2n) is 5.81. The quantitative estimate of drug-likeness (QED) is 0.254. The Bertz CT molecular complexity index is 488. The third-order valence-corrected chi connectivity index (χ3v) is 3.54. The minimum atomic E-state index is -1.07. The van der Waals surface area contributed by atoms with Gasteiger partial charge in [0.2, 0.25) is 0 Å². The van der Waals surface area contributed by atoms with E-state index in [1.807, 2.05) is 6.92 Å². The molecule has 25 heavy (non-hydrogen) atoms. The Kier molecular flexibility index (Phi) is 14.3. The number of unbranched alkanes of at least 4 members (excludes halogenated alkanes) is 2. The lowest BCUT2D eigenvalue weighted by molar-refractivity contribution is -0.131. The monoisotopic (exact) mass is 350 g/mol. The van der Waals surface area contributed by atoms with Gasteiger partial charge in [0.05, 0.1) is 12.2 Å². The Hall–Kier alpha value is -1.98. The lowest BCUT2D eigenvalue weighted by Gasteiger charge is -2.08. The average Bonchev–Trinajstić information content (AvgIpc) is 2.57. The van der Waals surface area contributed by atoms with Crippen LogP contribution < -0.4 is 0 Å². The summed E-state index contributed by atoms with van der Waals surface area (Å²) in [4.78, 5) is 21.6. The van der Waals surface area contributed by atoms with E-state index in [1.54, 1.807) is 30.4 Å². The molecule has 0 aliphatic rings. The van der Waals surface area contributed by atoms with Crippen LogP contribution >= 0.6 is 0 Å². The Morgan fingerprint density at radius 3 is 2.28 bits per heavy atom. The first-order chi connectivity index (χ1) is 12.0. The number of aliphatic hydroxyl groups is 2. The molecule has 0 fully saturated rings. The lowest BCUT2D eigenvalue weighted by atomic mass is 10.1. The molecular weight excluding hydrogens is 320 g/mol. The number of aliphatic carboxylic acids is 1. The molecule has 0 saturated carbocycles. The van der Waals surface area contributed by atoms with Crippen molar-refractivity contribution in [1.82, 2.24) is 0 Å². The van der Waals surface area contributed by atoms with Crippen molar-refractivity contribution in [2.75, 3.05) is 0 Å². The summed E-state index contributed by atoms with van der Waals surface area (Å²) in [5, 5.41) is 27.6. The number of allylic oxidation sites excluding steroid dienone is 6. The Balaban J connectivity index is 3.83. The molecule has 0 amide bonds. The number of carboxylic acids is 1. The van der Waals surface area contributed by atoms with Crippen molar-refractivity contribution >= 4 is 11.8 Å². The molecule has 0 heterocycles. The van der Waals surface area contributed by atoms with Crippen molar-refractivity contribution in [1.29, 1.82) is 0 Å². The summed E-state index contributed by atoms with van der Waals surface area (Å²) in [5.41, 5.74) is 0. The molecule has 0 aliphatic heterocycles. The van der Waals surface area contributed by atoms with Crippen LogP contribution in [0, 0.1) is 0 Å². The van der Waals surface area contributed by atoms with Crippen molar-refractivity contribution in [2.45, 2.75) is 64.1 Å². The number of carbonyl (C=O) groups excluding carboxylic acids is 1. The predicted molar refractivity (Wildman–Crippen MR) is 99.2 cm³/mol. The largest absolute Gasteiger partial charge is 0.478 e. The van der Waals surface area contributed by atoms with E-state index in [2.05, 4.69) is 0 Å². The van der Waals surface area contributed by atoms with Gasteiger partial charge in [0.15, 0.2) is 5.78 Å². The predicted octanol–water partition coefficient (Wildman–Crippen LogP) is 3.34. The number of rotatable bonds is 14. The molecule has 0 aromatic heterocycles. The molecule has 0 aromatic rings. The van der Waals surface area contributed by atoms with E-state index in [1.165, 1.54) is 12.2 Å². The van der Waals surface area contributed by atoms with Crippen LogP contribution in [-0.4, -0.2) is 39.3 Å². The third-order valence-electron chi connectivity index (χ3n) is 3.54. The van der Waals surface area contributed by atoms with Crippen molar-refractivity contribution in [2.24, 2.45) is 0 Å². The Morgan fingerprint density at radius 2 is 1.60 bits per heavy atom. The highest BCUT2D eigenvalue weighted by Crippen LogP contribution is 2.09. The molecule has 3 N–H and O–H groups in total. The maximum Gasteiger partial charge on any atom is 0.327 e. The highest BCUT2D eigenvalue weighted by atomic mass is 16.4. The lowest BCUT2D eigenvalue weighted by Crippen LogP contribution is -2.04. The van der Waals surface area contributed by atoms with Crippen LogP contribution in [0.1, 0.15) is 51.9 Å². The fourth-order valence-corrected chi connectivity index (χ4v) is 2.04. The molecule has 5 nitrogen and oxygen atoms in total. The molecule has 2 atom stereocenters. The third kappa shape index (κ3) is 16.7. The summed E-state index contributed by atoms with van der Waals surface area (Å²) < 4.78 is 0. The number of aliphatic hydroxyl groups excluding tert-OH is 2. The van der Waals surface area contributed by atoms with Gasteiger partial charge in [-0.3, -0.25) is 4.79 Å². The van der Waals surface area contributed by atoms with E-state index < -0.39 is 12.1 Å². The van der Waals surface area contributed by atoms with Crippen LogP contribution in [0.3, 0.4) is 0 Å². The zero-order chi connectivity index (χ0) is 18.9. The van der Waals surface area contributed by atoms with E-state index in [0.29, 0.717) is 6.42 Å². The summed E-state index contributed by atoms with van der Waals surface area (Å²) in [5.74, 6) is -1.25. The summed E-state index contributed by atoms with van der Waals surface area (Å²) in [7, 11) is 0. The molecule has 0 saturated heterocycles. The molecule has 0 spiro atoms. The smallest absolute Gasteiger partial charge is 0.327 e. The standard InChI is InChI=1S/C20H30O5/c1-2-17(21)11-8-5-9-14-18(22)12-6-3-4-7-13-19(23)15-10-16-20(24)25/h3-4,6-7,10,12-13,16-18,21-22H,2,5,8-9,11,14-15H2,1H3,(H,24,25)/t17-,18+/m1/s1. The second kappa shape index (κ2) is 15.5. The number of hydrogen-bond donors (Lipinski definition) is 3. The number of carbonyl (C=O) groups is 2. The van der Waals surface area contributed by atoms with Crippen LogP contribution in [0.2, 0.25) is 0 Å². The Morgan fingerprint density at radius 1 is 0.920 bits per heavy atom. The van der Waals surface area contributed by atoms with Gasteiger partial charge in [0.25, 0.3) is 0 Å². The van der Waals surface area contributed by atoms with E-state index in [9.17, 15) is 19.8 Å². The second-order valence-corrected chi connectivity index (χ2v) is 5.81. The number of hydrogen-bond acceptors (Lipinski definition) is 4. The normalized spacial score (nSPS) is 14.8. The molecule has 0 rings (SSSR count). The van der Waals surface area contributed by atoms with E-state index in [-0.39, 0.29) is 18.3 Å². The van der Waals surface area contributed by atoms with Crippen LogP contribution in [0.15, 0.2) is 48.6 Å². The first-order valence-electron chi connectivity index (χ1n) is 8.75. The van der Waals surface area contributed by atoms with Gasteiger partial charge in [-0.05, 0) is 25.3 Å². The maximum atomic E-state index is 11.4. The van der Waals surface area contributed by atoms with Gasteiger partial charge in [-0.15, -0.1) is 0 Å². The molecule has 0 aliphatic carbocycles. The van der Waals surface area contributed by atoms with Gasteiger partial charge in [0, 0.05) is 12.5 Å². The molecule has 0 radical (unpaired) electrons. The minimum Gasteiger partial charge on any atom is -0.478 e. The van der Waals surface area contributed by atoms with Gasteiger partial charge in [-0.25, -0.2) is 4.79 Å². The van der Waals surface area contributed by atoms with Gasteiger partial charge in [-0.2, -0.15) is 0 Å². The van der Waals surface area contributed by atoms with Crippen LogP contribution in [-0.2, 0) is 9.59 Å². The zero-order valence-corrected chi connectivity index (χ0v) is 14.9. The fourth-order valence-electron chi connectivity index (χ4n) is 2.04. The first-order valence-corrected chi connectivity index (χ1v) is 8.75.